The number of hydrogen-bond acceptors (Lipinski definition) is 2. The van der Waals surface area contributed by atoms with Gasteiger partial charge in [-0.1, -0.05) is 38.1 Å². The molecule has 0 aliphatic carbocycles. The van der Waals surface area contributed by atoms with Crippen molar-refractivity contribution in [1.29, 1.82) is 0 Å². The summed E-state index contributed by atoms with van der Waals surface area (Å²) in [6.45, 7) is 6.21. The van der Waals surface area contributed by atoms with Gasteiger partial charge in [0, 0.05) is 0 Å². The number of nitrogens with two attached hydrogens (primary N) is 1. The first kappa shape index (κ1) is 13.1. The first-order valence-electron chi connectivity index (χ1n) is 6.69. The molecule has 2 unspecified atom stereocenters. The third-order valence-electron chi connectivity index (χ3n) is 3.84. The van der Waals surface area contributed by atoms with E-state index in [0.29, 0.717) is 11.8 Å². The summed E-state index contributed by atoms with van der Waals surface area (Å²) < 4.78 is 0. The van der Waals surface area contributed by atoms with E-state index in [1.54, 1.807) is 0 Å². The van der Waals surface area contributed by atoms with Crippen molar-refractivity contribution in [2.24, 2.45) is 11.7 Å². The van der Waals surface area contributed by atoms with E-state index in [9.17, 15) is 4.79 Å². The average molecular weight is 246 g/mol. The molecule has 0 bridgehead atoms. The van der Waals surface area contributed by atoms with Crippen molar-refractivity contribution in [1.82, 2.24) is 5.32 Å². The molecule has 1 aromatic rings. The van der Waals surface area contributed by atoms with Crippen molar-refractivity contribution in [2.75, 3.05) is 13.1 Å². The molecule has 18 heavy (non-hydrogen) atoms. The lowest BCUT2D eigenvalue weighted by Gasteiger charge is -2.20. The Hall–Kier alpha value is -1.35. The van der Waals surface area contributed by atoms with Crippen LogP contribution in [0, 0.1) is 5.92 Å². The van der Waals surface area contributed by atoms with Crippen LogP contribution in [0.1, 0.15) is 43.2 Å². The molecule has 0 aromatic heterocycles. The number of rotatable bonds is 4. The van der Waals surface area contributed by atoms with Crippen molar-refractivity contribution in [3.63, 3.8) is 0 Å². The number of benzene rings is 1. The largest absolute Gasteiger partial charge is 0.369 e. The molecule has 1 heterocycles. The van der Waals surface area contributed by atoms with Gasteiger partial charge < -0.3 is 11.1 Å². The maximum atomic E-state index is 11.7. The fourth-order valence-electron chi connectivity index (χ4n) is 2.72. The molecule has 2 atom stereocenters. The van der Waals surface area contributed by atoms with Gasteiger partial charge in [0.25, 0.3) is 0 Å². The Labute approximate surface area is 109 Å². The summed E-state index contributed by atoms with van der Waals surface area (Å²) in [5, 5.41) is 3.30. The lowest BCUT2D eigenvalue weighted by molar-refractivity contribution is -0.120. The highest BCUT2D eigenvalue weighted by Crippen LogP contribution is 2.29. The van der Waals surface area contributed by atoms with Crippen LogP contribution >= 0.6 is 0 Å². The van der Waals surface area contributed by atoms with Crippen LogP contribution in [-0.2, 0) is 4.79 Å². The average Bonchev–Trinajstić information content (AvgIpc) is 2.83. The van der Waals surface area contributed by atoms with Crippen LogP contribution in [0.2, 0.25) is 0 Å². The molecule has 3 heteroatoms. The van der Waals surface area contributed by atoms with Crippen LogP contribution in [0.4, 0.5) is 0 Å². The fraction of sp³-hybridized carbons (Fsp3) is 0.533. The molecule has 0 radical (unpaired) electrons. The number of primary amides is 1. The minimum Gasteiger partial charge on any atom is -0.369 e. The Bertz CT molecular complexity index is 405. The molecule has 0 saturated carbocycles. The maximum Gasteiger partial charge on any atom is 0.225 e. The predicted octanol–water partition coefficient (Wildman–Crippen LogP) is 1.99. The zero-order valence-corrected chi connectivity index (χ0v) is 11.1. The number of amides is 1. The zero-order valence-electron chi connectivity index (χ0n) is 11.1. The lowest BCUT2D eigenvalue weighted by Crippen LogP contribution is -2.29. The van der Waals surface area contributed by atoms with E-state index in [1.807, 2.05) is 0 Å². The van der Waals surface area contributed by atoms with E-state index in [2.05, 4.69) is 43.4 Å². The Morgan fingerprint density at radius 3 is 2.33 bits per heavy atom. The van der Waals surface area contributed by atoms with E-state index in [1.165, 1.54) is 5.56 Å². The topological polar surface area (TPSA) is 55.1 Å². The molecule has 98 valence electrons. The second-order valence-electron chi connectivity index (χ2n) is 5.45. The summed E-state index contributed by atoms with van der Waals surface area (Å²) in [7, 11) is 0. The Morgan fingerprint density at radius 2 is 1.89 bits per heavy atom. The fourth-order valence-corrected chi connectivity index (χ4v) is 2.72. The highest BCUT2D eigenvalue weighted by molar-refractivity contribution is 5.82. The van der Waals surface area contributed by atoms with Crippen molar-refractivity contribution >= 4 is 5.91 Å². The molecule has 1 aromatic carbocycles. The van der Waals surface area contributed by atoms with Crippen molar-refractivity contribution in [2.45, 2.75) is 32.1 Å². The summed E-state index contributed by atoms with van der Waals surface area (Å²) in [6, 6.07) is 8.34. The molecule has 1 aliphatic heterocycles. The number of hydrogen-bond donors (Lipinski definition) is 2. The normalized spacial score (nSPS) is 21.2. The van der Waals surface area contributed by atoms with E-state index in [0.717, 1.165) is 25.1 Å². The standard InChI is InChI=1S/C15H22N2O/c1-10(2)11-3-5-12(6-4-11)14(15(16)18)13-7-8-17-9-13/h3-6,10,13-14,17H,7-9H2,1-2H3,(H2,16,18). The molecule has 3 nitrogen and oxygen atoms in total. The minimum atomic E-state index is -0.207. The number of nitrogens with one attached hydrogen (secondary N) is 1. The van der Waals surface area contributed by atoms with Crippen LogP contribution in [0.25, 0.3) is 0 Å². The molecule has 3 N–H and O–H groups in total. The van der Waals surface area contributed by atoms with Gasteiger partial charge in [-0.05, 0) is 42.5 Å². The van der Waals surface area contributed by atoms with Gasteiger partial charge in [-0.2, -0.15) is 0 Å². The predicted molar refractivity (Wildman–Crippen MR) is 73.4 cm³/mol. The monoisotopic (exact) mass is 246 g/mol. The SMILES string of the molecule is CC(C)c1ccc(C(C(N)=O)C2CCNC2)cc1. The van der Waals surface area contributed by atoms with E-state index in [-0.39, 0.29) is 11.8 Å². The van der Waals surface area contributed by atoms with Crippen molar-refractivity contribution in [3.05, 3.63) is 35.4 Å². The Kier molecular flexibility index (Phi) is 4.02. The van der Waals surface area contributed by atoms with Gasteiger partial charge in [-0.15, -0.1) is 0 Å². The highest BCUT2D eigenvalue weighted by Gasteiger charge is 2.30. The molecular formula is C15H22N2O. The molecular weight excluding hydrogens is 224 g/mol. The minimum absolute atomic E-state index is 0.152. The zero-order chi connectivity index (χ0) is 13.1. The smallest absolute Gasteiger partial charge is 0.225 e. The third kappa shape index (κ3) is 2.72. The van der Waals surface area contributed by atoms with Gasteiger partial charge in [0.2, 0.25) is 5.91 Å². The first-order chi connectivity index (χ1) is 8.59. The summed E-state index contributed by atoms with van der Waals surface area (Å²) in [6.07, 6.45) is 1.03. The summed E-state index contributed by atoms with van der Waals surface area (Å²) in [4.78, 5) is 11.7. The molecule has 1 fully saturated rings. The van der Waals surface area contributed by atoms with Crippen LogP contribution in [0.3, 0.4) is 0 Å². The Balaban J connectivity index is 2.22. The van der Waals surface area contributed by atoms with Gasteiger partial charge in [0.15, 0.2) is 0 Å². The number of carbonyl (C=O) groups excluding carboxylic acids is 1. The van der Waals surface area contributed by atoms with E-state index in [4.69, 9.17) is 5.73 Å². The van der Waals surface area contributed by atoms with Gasteiger partial charge >= 0.3 is 0 Å². The molecule has 1 saturated heterocycles. The van der Waals surface area contributed by atoms with E-state index >= 15 is 0 Å². The second kappa shape index (κ2) is 5.53. The van der Waals surface area contributed by atoms with Crippen LogP contribution in [0.15, 0.2) is 24.3 Å². The van der Waals surface area contributed by atoms with Gasteiger partial charge in [0.05, 0.1) is 5.92 Å². The summed E-state index contributed by atoms with van der Waals surface area (Å²) in [5.74, 6) is 0.494. The van der Waals surface area contributed by atoms with Crippen LogP contribution in [0.5, 0.6) is 0 Å². The lowest BCUT2D eigenvalue weighted by atomic mass is 9.84. The highest BCUT2D eigenvalue weighted by atomic mass is 16.1. The van der Waals surface area contributed by atoms with Crippen LogP contribution < -0.4 is 11.1 Å². The third-order valence-corrected chi connectivity index (χ3v) is 3.84. The number of carbonyl (C=O) groups is 1. The maximum absolute atomic E-state index is 11.7. The van der Waals surface area contributed by atoms with Gasteiger partial charge in [-0.3, -0.25) is 4.79 Å². The molecule has 1 amide bonds. The summed E-state index contributed by atoms with van der Waals surface area (Å²) >= 11 is 0. The second-order valence-corrected chi connectivity index (χ2v) is 5.45. The van der Waals surface area contributed by atoms with Gasteiger partial charge in [-0.25, -0.2) is 0 Å². The van der Waals surface area contributed by atoms with E-state index < -0.39 is 0 Å². The molecule has 1 aliphatic rings. The van der Waals surface area contributed by atoms with Crippen LogP contribution in [-0.4, -0.2) is 19.0 Å². The first-order valence-corrected chi connectivity index (χ1v) is 6.69. The quantitative estimate of drug-likeness (QED) is 0.853. The van der Waals surface area contributed by atoms with Gasteiger partial charge in [0.1, 0.15) is 0 Å². The summed E-state index contributed by atoms with van der Waals surface area (Å²) in [5.41, 5.74) is 7.93. The molecule has 0 spiro atoms. The van der Waals surface area contributed by atoms with Crippen molar-refractivity contribution < 1.29 is 4.79 Å². The molecule has 2 rings (SSSR count). The Morgan fingerprint density at radius 1 is 1.28 bits per heavy atom. The van der Waals surface area contributed by atoms with Crippen molar-refractivity contribution in [3.8, 4) is 0 Å².